The monoisotopic (exact) mass is 565 g/mol. The van der Waals surface area contributed by atoms with E-state index < -0.39 is 84.1 Å². The number of fused-ring (bicyclic) bond motifs is 7. The summed E-state index contributed by atoms with van der Waals surface area (Å²) < 4.78 is 125. The lowest BCUT2D eigenvalue weighted by molar-refractivity contribution is 0.633. The molecule has 0 N–H and O–H groups in total. The Kier molecular flexibility index (Phi) is 3.09. The van der Waals surface area contributed by atoms with Gasteiger partial charge in [-0.1, -0.05) is 127 Å². The first-order chi connectivity index (χ1) is 26.3. The Labute approximate surface area is 265 Å². The predicted molar refractivity (Wildman–Crippen MR) is 180 cm³/mol. The van der Waals surface area contributed by atoms with E-state index >= 15 is 0 Å². The Morgan fingerprint density at radius 3 is 1.81 bits per heavy atom. The van der Waals surface area contributed by atoms with E-state index in [0.717, 1.165) is 20.2 Å². The molecule has 7 aromatic carbocycles. The van der Waals surface area contributed by atoms with E-state index in [0.29, 0.717) is 22.1 Å². The molecule has 2 heterocycles. The summed E-state index contributed by atoms with van der Waals surface area (Å²) in [6.45, 7) is 0. The molecule has 0 amide bonds. The molecule has 196 valence electrons. The van der Waals surface area contributed by atoms with Gasteiger partial charge in [0.05, 0.1) is 17.8 Å². The molecule has 0 aliphatic carbocycles. The van der Waals surface area contributed by atoms with E-state index in [1.54, 1.807) is 24.3 Å². The molecule has 0 spiro atoms. The lowest BCUT2D eigenvalue weighted by atomic mass is 9.84. The van der Waals surface area contributed by atoms with Crippen molar-refractivity contribution in [2.24, 2.45) is 0 Å². The zero-order valence-electron chi connectivity index (χ0n) is 34.7. The van der Waals surface area contributed by atoms with Crippen LogP contribution in [-0.4, -0.2) is 0 Å². The highest BCUT2D eigenvalue weighted by atomic mass is 32.1. The van der Waals surface area contributed by atoms with Gasteiger partial charge in [-0.25, -0.2) is 0 Å². The lowest BCUT2D eigenvalue weighted by Gasteiger charge is -2.18. The van der Waals surface area contributed by atoms with Crippen molar-refractivity contribution in [2.75, 3.05) is 0 Å². The molecule has 9 rings (SSSR count). The molecule has 0 saturated heterocycles. The van der Waals surface area contributed by atoms with Crippen LogP contribution in [0.5, 0.6) is 0 Å². The van der Waals surface area contributed by atoms with Crippen LogP contribution in [0.15, 0.2) is 150 Å². The summed E-state index contributed by atoms with van der Waals surface area (Å²) in [5.41, 5.74) is 0.561. The first-order valence-electron chi connectivity index (χ1n) is 19.7. The molecular formula is C40H24OS. The molecule has 2 heteroatoms. The second-order valence-corrected chi connectivity index (χ2v) is 10.9. The van der Waals surface area contributed by atoms with E-state index in [4.69, 9.17) is 16.8 Å². The van der Waals surface area contributed by atoms with Crippen molar-refractivity contribution >= 4 is 64.0 Å². The summed E-state index contributed by atoms with van der Waals surface area (Å²) in [5.74, 6) is 0.276. The van der Waals surface area contributed by atoms with Gasteiger partial charge in [0, 0.05) is 42.2 Å². The summed E-state index contributed by atoms with van der Waals surface area (Å²) >= 11 is 1.48. The Hall–Kier alpha value is -5.18. The van der Waals surface area contributed by atoms with Gasteiger partial charge < -0.3 is 4.42 Å². The van der Waals surface area contributed by atoms with Crippen LogP contribution < -0.4 is 0 Å². The minimum atomic E-state index is -0.720. The van der Waals surface area contributed by atoms with Gasteiger partial charge in [0.15, 0.2) is 0 Å². The van der Waals surface area contributed by atoms with Crippen molar-refractivity contribution in [3.63, 3.8) is 0 Å². The third kappa shape index (κ3) is 3.36. The fourth-order valence-electron chi connectivity index (χ4n) is 5.90. The molecule has 0 radical (unpaired) electrons. The van der Waals surface area contributed by atoms with Crippen LogP contribution >= 0.6 is 11.3 Å². The number of hydrogen-bond donors (Lipinski definition) is 0. The van der Waals surface area contributed by atoms with Crippen molar-refractivity contribution in [2.45, 2.75) is 0 Å². The Morgan fingerprint density at radius 2 is 1.10 bits per heavy atom. The lowest BCUT2D eigenvalue weighted by Crippen LogP contribution is -1.91. The van der Waals surface area contributed by atoms with Crippen LogP contribution in [0.25, 0.3) is 86.3 Å². The van der Waals surface area contributed by atoms with E-state index in [2.05, 4.69) is 0 Å². The third-order valence-corrected chi connectivity index (χ3v) is 8.81. The third-order valence-electron chi connectivity index (χ3n) is 7.61. The summed E-state index contributed by atoms with van der Waals surface area (Å²) in [4.78, 5) is 0. The summed E-state index contributed by atoms with van der Waals surface area (Å²) in [6.07, 6.45) is 0. The standard InChI is InChI=1S/C40H24OS/c1-3-13-25(14-4-1)35-28-18-7-9-20-30(28)36(31-21-10-8-19-29(31)35)38-37-33(41-39(38)26-15-5-2-6-16-26)24-23-32-27-17-11-12-22-34(27)42-40(32)37/h1-24H/i1D,3D,4D,7D,8D,9D,10D,13D,14D,18D,19D,20D,21D. The molecule has 42 heavy (non-hydrogen) atoms. The van der Waals surface area contributed by atoms with Gasteiger partial charge in [0.25, 0.3) is 0 Å². The second-order valence-electron chi connectivity index (χ2n) is 9.84. The van der Waals surface area contributed by atoms with E-state index in [1.165, 1.54) is 11.3 Å². The summed E-state index contributed by atoms with van der Waals surface area (Å²) in [5, 5.41) is 1.53. The van der Waals surface area contributed by atoms with Gasteiger partial charge in [-0.2, -0.15) is 0 Å². The molecule has 1 nitrogen and oxygen atoms in total. The molecule has 0 saturated carbocycles. The SMILES string of the molecule is [2H]c1c([2H])c([2H])c(-c2c3c([2H])c([2H])c([2H])c([2H])c3c(-c3c(-c4ccccc4)oc4ccc5c6ccccc6sc5c34)c3c([2H])c([2H])c([2H])c([2H])c23)c([2H])c1[2H]. The average molecular weight is 566 g/mol. The quantitative estimate of drug-likeness (QED) is 0.194. The van der Waals surface area contributed by atoms with Gasteiger partial charge in [-0.3, -0.25) is 0 Å². The average Bonchev–Trinajstić information content (AvgIpc) is 3.77. The Balaban J connectivity index is 1.67. The van der Waals surface area contributed by atoms with Gasteiger partial charge in [0.2, 0.25) is 0 Å². The van der Waals surface area contributed by atoms with E-state index in [1.807, 2.05) is 42.5 Å². The zero-order chi connectivity index (χ0) is 38.9. The Morgan fingerprint density at radius 1 is 0.476 bits per heavy atom. The number of thiophene rings is 1. The maximum absolute atomic E-state index is 9.47. The molecule has 0 fully saturated rings. The first kappa shape index (κ1) is 14.1. The molecule has 0 unspecified atom stereocenters. The maximum Gasteiger partial charge on any atom is 0.143 e. The minimum Gasteiger partial charge on any atom is -0.455 e. The fraction of sp³-hybridized carbons (Fsp3) is 0. The van der Waals surface area contributed by atoms with E-state index in [9.17, 15) is 5.48 Å². The van der Waals surface area contributed by atoms with Crippen LogP contribution in [-0.2, 0) is 0 Å². The molecule has 0 atom stereocenters. The van der Waals surface area contributed by atoms with Crippen LogP contribution in [0.4, 0.5) is 0 Å². The molecule has 0 aliphatic rings. The van der Waals surface area contributed by atoms with Gasteiger partial charge in [-0.05, 0) is 50.9 Å². The first-order valence-corrected chi connectivity index (χ1v) is 14.0. The van der Waals surface area contributed by atoms with Crippen molar-refractivity contribution in [1.29, 1.82) is 0 Å². The van der Waals surface area contributed by atoms with Crippen LogP contribution in [0.1, 0.15) is 17.8 Å². The van der Waals surface area contributed by atoms with Crippen molar-refractivity contribution in [1.82, 2.24) is 0 Å². The highest BCUT2D eigenvalue weighted by Crippen LogP contribution is 2.52. The largest absolute Gasteiger partial charge is 0.455 e. The van der Waals surface area contributed by atoms with Crippen molar-refractivity contribution < 1.29 is 22.2 Å². The van der Waals surface area contributed by atoms with E-state index in [-0.39, 0.29) is 38.4 Å². The molecular weight excluding hydrogens is 529 g/mol. The van der Waals surface area contributed by atoms with Crippen molar-refractivity contribution in [3.05, 3.63) is 145 Å². The normalized spacial score (nSPS) is 16.1. The van der Waals surface area contributed by atoms with Gasteiger partial charge >= 0.3 is 0 Å². The van der Waals surface area contributed by atoms with Crippen LogP contribution in [0.3, 0.4) is 0 Å². The second kappa shape index (κ2) is 9.17. The molecule has 0 bridgehead atoms. The predicted octanol–water partition coefficient (Wildman–Crippen LogP) is 12.1. The molecule has 2 aromatic heterocycles. The highest BCUT2D eigenvalue weighted by molar-refractivity contribution is 7.26. The highest BCUT2D eigenvalue weighted by Gasteiger charge is 2.26. The minimum absolute atomic E-state index is 0.0303. The zero-order valence-corrected chi connectivity index (χ0v) is 22.5. The van der Waals surface area contributed by atoms with Gasteiger partial charge in [-0.15, -0.1) is 11.3 Å². The molecule has 0 aliphatic heterocycles. The number of benzene rings is 7. The number of furan rings is 1. The van der Waals surface area contributed by atoms with Gasteiger partial charge in [0.1, 0.15) is 11.3 Å². The maximum atomic E-state index is 9.47. The smallest absolute Gasteiger partial charge is 0.143 e. The summed E-state index contributed by atoms with van der Waals surface area (Å²) in [6, 6.07) is 12.1. The number of hydrogen-bond acceptors (Lipinski definition) is 2. The van der Waals surface area contributed by atoms with Crippen LogP contribution in [0.2, 0.25) is 0 Å². The number of rotatable bonds is 3. The molecule has 9 aromatic rings. The Bertz CT molecular complexity index is 3080. The topological polar surface area (TPSA) is 13.1 Å². The summed E-state index contributed by atoms with van der Waals surface area (Å²) in [7, 11) is 0. The fourth-order valence-corrected chi connectivity index (χ4v) is 7.15. The van der Waals surface area contributed by atoms with Crippen molar-refractivity contribution in [3.8, 4) is 33.6 Å². The van der Waals surface area contributed by atoms with Crippen LogP contribution in [0, 0.1) is 0 Å².